The van der Waals surface area contributed by atoms with Gasteiger partial charge in [0.25, 0.3) is 0 Å². The molecule has 0 aromatic carbocycles. The number of hydrogen-bond acceptors (Lipinski definition) is 4. The maximum absolute atomic E-state index is 11.8. The van der Waals surface area contributed by atoms with Crippen LogP contribution in [0, 0.1) is 0 Å². The number of aromatic nitrogens is 2. The third kappa shape index (κ3) is 3.38. The highest BCUT2D eigenvalue weighted by Crippen LogP contribution is 2.25. The van der Waals surface area contributed by atoms with E-state index < -0.39 is 10.0 Å². The van der Waals surface area contributed by atoms with Crippen molar-refractivity contribution in [2.24, 2.45) is 0 Å². The number of sulfonamides is 1. The lowest BCUT2D eigenvalue weighted by Gasteiger charge is -2.03. The fraction of sp³-hybridized carbons (Fsp3) is 0.222. The summed E-state index contributed by atoms with van der Waals surface area (Å²) in [7, 11) is -3.39. The highest BCUT2D eigenvalue weighted by Gasteiger charge is 2.15. The van der Waals surface area contributed by atoms with Gasteiger partial charge in [0.1, 0.15) is 4.21 Å². The van der Waals surface area contributed by atoms with Crippen LogP contribution < -0.4 is 4.72 Å². The molecule has 8 heteroatoms. The van der Waals surface area contributed by atoms with Crippen molar-refractivity contribution in [1.82, 2.24) is 14.9 Å². The molecule has 0 aliphatic carbocycles. The number of nitrogens with zero attached hydrogens (tertiary/aromatic N) is 1. The quantitative estimate of drug-likeness (QED) is 0.874. The third-order valence-electron chi connectivity index (χ3n) is 2.06. The summed E-state index contributed by atoms with van der Waals surface area (Å²) >= 11 is 4.43. The topological polar surface area (TPSA) is 74.8 Å². The van der Waals surface area contributed by atoms with Gasteiger partial charge in [0.15, 0.2) is 0 Å². The normalized spacial score (nSPS) is 11.8. The predicted molar refractivity (Wildman–Crippen MR) is 69.5 cm³/mol. The van der Waals surface area contributed by atoms with Crippen LogP contribution in [0.5, 0.6) is 0 Å². The third-order valence-corrected chi connectivity index (χ3v) is 5.63. The van der Waals surface area contributed by atoms with Gasteiger partial charge in [-0.2, -0.15) is 5.10 Å². The Balaban J connectivity index is 1.94. The van der Waals surface area contributed by atoms with E-state index in [2.05, 4.69) is 30.8 Å². The largest absolute Gasteiger partial charge is 0.283 e. The first-order chi connectivity index (χ1) is 8.08. The van der Waals surface area contributed by atoms with Gasteiger partial charge in [0, 0.05) is 24.9 Å². The van der Waals surface area contributed by atoms with Gasteiger partial charge in [-0.05, 0) is 34.1 Å². The van der Waals surface area contributed by atoms with Crippen molar-refractivity contribution in [3.63, 3.8) is 0 Å². The summed E-state index contributed by atoms with van der Waals surface area (Å²) in [6, 6.07) is 5.11. The molecule has 0 atom stereocenters. The van der Waals surface area contributed by atoms with E-state index in [9.17, 15) is 8.42 Å². The fourth-order valence-corrected chi connectivity index (χ4v) is 4.34. The van der Waals surface area contributed by atoms with E-state index >= 15 is 0 Å². The van der Waals surface area contributed by atoms with Crippen LogP contribution in [-0.4, -0.2) is 25.2 Å². The maximum Gasteiger partial charge on any atom is 0.250 e. The van der Waals surface area contributed by atoms with E-state index in [0.717, 1.165) is 9.48 Å². The number of rotatable bonds is 5. The zero-order chi connectivity index (χ0) is 12.3. The van der Waals surface area contributed by atoms with Crippen molar-refractivity contribution in [3.05, 3.63) is 33.9 Å². The average molecular weight is 336 g/mol. The van der Waals surface area contributed by atoms with Gasteiger partial charge in [-0.15, -0.1) is 11.3 Å². The highest BCUT2D eigenvalue weighted by molar-refractivity contribution is 9.11. The summed E-state index contributed by atoms with van der Waals surface area (Å²) in [5.74, 6) is 0. The molecular weight excluding hydrogens is 326 g/mol. The average Bonchev–Trinajstić information content (AvgIpc) is 2.89. The molecule has 2 heterocycles. The lowest BCUT2D eigenvalue weighted by molar-refractivity contribution is 0.583. The van der Waals surface area contributed by atoms with E-state index in [1.165, 1.54) is 11.3 Å². The van der Waals surface area contributed by atoms with Crippen LogP contribution in [0.25, 0.3) is 0 Å². The smallest absolute Gasteiger partial charge is 0.250 e. The molecule has 2 N–H and O–H groups in total. The Kier molecular flexibility index (Phi) is 3.97. The molecule has 2 rings (SSSR count). The number of nitrogens with one attached hydrogen (secondary N) is 2. The lowest BCUT2D eigenvalue weighted by atomic mass is 10.3. The van der Waals surface area contributed by atoms with Gasteiger partial charge in [-0.1, -0.05) is 0 Å². The Labute approximate surface area is 111 Å². The first-order valence-corrected chi connectivity index (χ1v) is 7.90. The van der Waals surface area contributed by atoms with Crippen molar-refractivity contribution in [1.29, 1.82) is 0 Å². The first kappa shape index (κ1) is 12.7. The second-order valence-electron chi connectivity index (χ2n) is 3.29. The molecule has 2 aromatic heterocycles. The summed E-state index contributed by atoms with van der Waals surface area (Å²) in [6.45, 7) is 0.347. The molecule has 0 radical (unpaired) electrons. The highest BCUT2D eigenvalue weighted by atomic mass is 79.9. The van der Waals surface area contributed by atoms with Crippen molar-refractivity contribution in [2.45, 2.75) is 10.6 Å². The van der Waals surface area contributed by atoms with Crippen LogP contribution in [0.2, 0.25) is 0 Å². The Hall–Kier alpha value is -0.700. The van der Waals surface area contributed by atoms with Crippen LogP contribution in [0.4, 0.5) is 0 Å². The van der Waals surface area contributed by atoms with Crippen LogP contribution in [0.15, 0.2) is 32.4 Å². The molecule has 5 nitrogen and oxygen atoms in total. The minimum absolute atomic E-state index is 0.314. The molecule has 0 aliphatic rings. The van der Waals surface area contributed by atoms with Gasteiger partial charge >= 0.3 is 0 Å². The molecule has 0 saturated carbocycles. The fourth-order valence-electron chi connectivity index (χ4n) is 1.26. The van der Waals surface area contributed by atoms with Crippen molar-refractivity contribution in [2.75, 3.05) is 6.54 Å². The molecule has 92 valence electrons. The van der Waals surface area contributed by atoms with Crippen LogP contribution in [0.3, 0.4) is 0 Å². The molecule has 2 aromatic rings. The molecule has 0 aliphatic heterocycles. The van der Waals surface area contributed by atoms with Crippen LogP contribution in [-0.2, 0) is 16.4 Å². The Morgan fingerprint density at radius 3 is 2.82 bits per heavy atom. The zero-order valence-electron chi connectivity index (χ0n) is 8.68. The van der Waals surface area contributed by atoms with Crippen LogP contribution in [0.1, 0.15) is 5.69 Å². The van der Waals surface area contributed by atoms with Gasteiger partial charge in [0.05, 0.1) is 3.79 Å². The second kappa shape index (κ2) is 5.30. The molecule has 0 unspecified atom stereocenters. The molecule has 0 spiro atoms. The minimum Gasteiger partial charge on any atom is -0.283 e. The summed E-state index contributed by atoms with van der Waals surface area (Å²) in [6.07, 6.45) is 2.23. The van der Waals surface area contributed by atoms with E-state index in [1.807, 2.05) is 6.07 Å². The summed E-state index contributed by atoms with van der Waals surface area (Å²) < 4.78 is 27.3. The van der Waals surface area contributed by atoms with Gasteiger partial charge < -0.3 is 0 Å². The van der Waals surface area contributed by atoms with E-state index in [0.29, 0.717) is 17.2 Å². The minimum atomic E-state index is -3.39. The van der Waals surface area contributed by atoms with E-state index in [-0.39, 0.29) is 0 Å². The van der Waals surface area contributed by atoms with Crippen molar-refractivity contribution in [3.8, 4) is 0 Å². The van der Waals surface area contributed by atoms with Crippen molar-refractivity contribution < 1.29 is 8.42 Å². The lowest BCUT2D eigenvalue weighted by Crippen LogP contribution is -2.25. The molecule has 0 amide bonds. The predicted octanol–water partition coefficient (Wildman–Crippen LogP) is 1.75. The summed E-state index contributed by atoms with van der Waals surface area (Å²) in [5, 5.41) is 6.57. The maximum atomic E-state index is 11.8. The molecule has 0 bridgehead atoms. The van der Waals surface area contributed by atoms with Crippen LogP contribution >= 0.6 is 27.3 Å². The van der Waals surface area contributed by atoms with Crippen molar-refractivity contribution >= 4 is 37.3 Å². The SMILES string of the molecule is O=S(=O)(NCCc1ccn[nH]1)c1ccc(Br)s1. The zero-order valence-corrected chi connectivity index (χ0v) is 11.9. The van der Waals surface area contributed by atoms with E-state index in [1.54, 1.807) is 18.3 Å². The number of hydrogen-bond donors (Lipinski definition) is 2. The van der Waals surface area contributed by atoms with Gasteiger partial charge in [0.2, 0.25) is 10.0 Å². The first-order valence-electron chi connectivity index (χ1n) is 4.81. The number of thiophene rings is 1. The Morgan fingerprint density at radius 2 is 2.24 bits per heavy atom. The number of aromatic amines is 1. The van der Waals surface area contributed by atoms with E-state index in [4.69, 9.17) is 0 Å². The van der Waals surface area contributed by atoms with Gasteiger partial charge in [-0.3, -0.25) is 5.10 Å². The standard InChI is InChI=1S/C9H10BrN3O2S2/c10-8-1-2-9(16-8)17(14,15)12-6-4-7-3-5-11-13-7/h1-3,5,12H,4,6H2,(H,11,13). The summed E-state index contributed by atoms with van der Waals surface area (Å²) in [5.41, 5.74) is 0.903. The molecule has 0 saturated heterocycles. The number of halogens is 1. The number of H-pyrrole nitrogens is 1. The Bertz CT molecular complexity index is 577. The molecule has 17 heavy (non-hydrogen) atoms. The molecule has 0 fully saturated rings. The summed E-state index contributed by atoms with van der Waals surface area (Å²) in [4.78, 5) is 0. The monoisotopic (exact) mass is 335 g/mol. The van der Waals surface area contributed by atoms with Gasteiger partial charge in [-0.25, -0.2) is 13.1 Å². The Morgan fingerprint density at radius 1 is 1.41 bits per heavy atom. The second-order valence-corrected chi connectivity index (χ2v) is 7.75. The molecular formula is C9H10BrN3O2S2.